The molecule has 0 aromatic heterocycles. The first-order chi connectivity index (χ1) is 18.9. The summed E-state index contributed by atoms with van der Waals surface area (Å²) in [6, 6.07) is 15.9. The van der Waals surface area contributed by atoms with Crippen LogP contribution in [-0.2, 0) is 15.1 Å². The molecule has 4 rings (SSSR count). The monoisotopic (exact) mass is 537 g/mol. The van der Waals surface area contributed by atoms with E-state index in [2.05, 4.69) is 10.6 Å². The topological polar surface area (TPSA) is 100 Å². The number of likely N-dealkylation sites (tertiary alicyclic amines) is 1. The fraction of sp³-hybridized carbons (Fsp3) is 0.548. The van der Waals surface area contributed by atoms with Crippen LogP contribution in [0.3, 0.4) is 0 Å². The van der Waals surface area contributed by atoms with Gasteiger partial charge in [-0.15, -0.1) is 0 Å². The smallest absolute Gasteiger partial charge is 0.406 e. The summed E-state index contributed by atoms with van der Waals surface area (Å²) >= 11 is 0. The molecule has 39 heavy (non-hydrogen) atoms. The zero-order chi connectivity index (χ0) is 27.8. The molecule has 1 aliphatic heterocycles. The maximum Gasteiger partial charge on any atom is 0.406 e. The van der Waals surface area contributed by atoms with E-state index >= 15 is 0 Å². The molecule has 2 aromatic rings. The lowest BCUT2D eigenvalue weighted by molar-refractivity contribution is -0.141. The molecule has 2 fully saturated rings. The van der Waals surface area contributed by atoms with Crippen LogP contribution < -0.4 is 15.4 Å². The summed E-state index contributed by atoms with van der Waals surface area (Å²) < 4.78 is 11.1. The molecule has 212 valence electrons. The largest absolute Gasteiger partial charge is 0.457 e. The number of alkyl carbamates (subject to hydrolysis) is 1. The normalized spacial score (nSPS) is 22.7. The molecule has 0 spiro atoms. The summed E-state index contributed by atoms with van der Waals surface area (Å²) in [4.78, 5) is 27.1. The average molecular weight is 538 g/mol. The van der Waals surface area contributed by atoms with E-state index in [0.717, 1.165) is 50.0 Å². The second-order valence-electron chi connectivity index (χ2n) is 10.9. The molecule has 1 aliphatic carbocycles. The number of aliphatic hydroxyl groups is 1. The van der Waals surface area contributed by atoms with Crippen molar-refractivity contribution in [1.29, 1.82) is 0 Å². The van der Waals surface area contributed by atoms with Gasteiger partial charge in [-0.1, -0.05) is 36.4 Å². The minimum absolute atomic E-state index is 0.0372. The van der Waals surface area contributed by atoms with Gasteiger partial charge in [0.25, 0.3) is 0 Å². The van der Waals surface area contributed by atoms with Crippen molar-refractivity contribution in [3.05, 3.63) is 59.7 Å². The summed E-state index contributed by atoms with van der Waals surface area (Å²) in [6.07, 6.45) is 4.88. The Balaban J connectivity index is 1.59. The number of nitrogens with one attached hydrogen (secondary N) is 2. The molecule has 4 atom stereocenters. The molecule has 2 aromatic carbocycles. The predicted octanol–water partition coefficient (Wildman–Crippen LogP) is 4.74. The number of nitrogens with zero attached hydrogens (tertiary/aromatic N) is 1. The Morgan fingerprint density at radius 2 is 1.82 bits per heavy atom. The first-order valence-corrected chi connectivity index (χ1v) is 14.2. The van der Waals surface area contributed by atoms with Crippen molar-refractivity contribution >= 4 is 12.0 Å². The number of rotatable bonds is 10. The zero-order valence-corrected chi connectivity index (χ0v) is 23.4. The number of hydrogen-bond donors (Lipinski definition) is 3. The highest BCUT2D eigenvalue weighted by molar-refractivity contribution is 5.79. The molecule has 3 N–H and O–H groups in total. The van der Waals surface area contributed by atoms with E-state index in [0.29, 0.717) is 43.3 Å². The SMILES string of the molecule is CN[C@H]1CC[C@@H](C(=O)N2CCC[C@@H]([C@@](O)(CCCNC(=O)OC)c3ccccc3Oc3ccccc3C)C2)C1. The molecule has 0 unspecified atom stereocenters. The van der Waals surface area contributed by atoms with Crippen molar-refractivity contribution in [1.82, 2.24) is 15.5 Å². The van der Waals surface area contributed by atoms with Crippen LogP contribution in [0.4, 0.5) is 4.79 Å². The molecule has 2 aliphatic rings. The maximum atomic E-state index is 13.5. The first kappa shape index (κ1) is 28.9. The van der Waals surface area contributed by atoms with Crippen LogP contribution in [0.15, 0.2) is 48.5 Å². The summed E-state index contributed by atoms with van der Waals surface area (Å²) in [5, 5.41) is 18.6. The molecule has 1 saturated heterocycles. The van der Waals surface area contributed by atoms with Crippen molar-refractivity contribution in [2.24, 2.45) is 11.8 Å². The summed E-state index contributed by atoms with van der Waals surface area (Å²) in [7, 11) is 3.29. The van der Waals surface area contributed by atoms with Gasteiger partial charge in [0.05, 0.1) is 12.7 Å². The fourth-order valence-corrected chi connectivity index (χ4v) is 6.18. The third-order valence-corrected chi connectivity index (χ3v) is 8.45. The number of piperidine rings is 1. The Kier molecular flexibility index (Phi) is 9.86. The number of benzene rings is 2. The number of hydrogen-bond acceptors (Lipinski definition) is 6. The van der Waals surface area contributed by atoms with Crippen LogP contribution in [0.1, 0.15) is 56.1 Å². The van der Waals surface area contributed by atoms with Gasteiger partial charge in [-0.3, -0.25) is 4.79 Å². The van der Waals surface area contributed by atoms with Crippen molar-refractivity contribution in [3.8, 4) is 11.5 Å². The number of amides is 2. The quantitative estimate of drug-likeness (QED) is 0.379. The van der Waals surface area contributed by atoms with Crippen LogP contribution >= 0.6 is 0 Å². The van der Waals surface area contributed by atoms with Gasteiger partial charge in [0.2, 0.25) is 5.91 Å². The van der Waals surface area contributed by atoms with Crippen LogP contribution in [0.2, 0.25) is 0 Å². The Labute approximate surface area is 232 Å². The van der Waals surface area contributed by atoms with Crippen LogP contribution in [0.25, 0.3) is 0 Å². The van der Waals surface area contributed by atoms with E-state index < -0.39 is 11.7 Å². The highest BCUT2D eigenvalue weighted by Crippen LogP contribution is 2.44. The van der Waals surface area contributed by atoms with Crippen molar-refractivity contribution in [2.75, 3.05) is 33.8 Å². The Morgan fingerprint density at radius 3 is 2.54 bits per heavy atom. The zero-order valence-electron chi connectivity index (χ0n) is 23.4. The van der Waals surface area contributed by atoms with E-state index in [9.17, 15) is 14.7 Å². The van der Waals surface area contributed by atoms with Crippen molar-refractivity contribution < 1.29 is 24.2 Å². The molecule has 2 amide bonds. The van der Waals surface area contributed by atoms with E-state index in [1.807, 2.05) is 67.4 Å². The van der Waals surface area contributed by atoms with Gasteiger partial charge in [0, 0.05) is 43.1 Å². The van der Waals surface area contributed by atoms with Crippen molar-refractivity contribution in [2.45, 2.75) is 63.5 Å². The fourth-order valence-electron chi connectivity index (χ4n) is 6.18. The van der Waals surface area contributed by atoms with Gasteiger partial charge in [-0.2, -0.15) is 0 Å². The van der Waals surface area contributed by atoms with Crippen LogP contribution in [0, 0.1) is 18.8 Å². The minimum atomic E-state index is -1.25. The number of carbonyl (C=O) groups is 2. The van der Waals surface area contributed by atoms with E-state index in [1.165, 1.54) is 7.11 Å². The van der Waals surface area contributed by atoms with E-state index in [-0.39, 0.29) is 17.7 Å². The number of carbonyl (C=O) groups excluding carboxylic acids is 2. The Bertz CT molecular complexity index is 1120. The summed E-state index contributed by atoms with van der Waals surface area (Å²) in [6.45, 7) is 3.59. The maximum absolute atomic E-state index is 13.5. The van der Waals surface area contributed by atoms with Gasteiger partial charge in [0.1, 0.15) is 11.5 Å². The second kappa shape index (κ2) is 13.3. The highest BCUT2D eigenvalue weighted by atomic mass is 16.5. The first-order valence-electron chi connectivity index (χ1n) is 14.2. The summed E-state index contributed by atoms with van der Waals surface area (Å²) in [5.74, 6) is 1.41. The third-order valence-electron chi connectivity index (χ3n) is 8.45. The number of aryl methyl sites for hydroxylation is 1. The van der Waals surface area contributed by atoms with Gasteiger partial charge in [-0.05, 0) is 76.6 Å². The van der Waals surface area contributed by atoms with Gasteiger partial charge in [0.15, 0.2) is 0 Å². The lowest BCUT2D eigenvalue weighted by Gasteiger charge is -2.44. The standard InChI is InChI=1S/C31H43N3O5/c1-22-10-4-6-13-27(22)39-28-14-7-5-12-26(28)31(37,17-9-18-33-30(36)38-3)24-11-8-19-34(21-24)29(35)23-15-16-25(20-23)32-2/h4-7,10,12-14,23-25,32,37H,8-9,11,15-21H2,1-3H3,(H,33,36)/t23-,24-,25+,31+/m1/s1. The molecule has 1 heterocycles. The minimum Gasteiger partial charge on any atom is -0.457 e. The predicted molar refractivity (Wildman–Crippen MR) is 151 cm³/mol. The third kappa shape index (κ3) is 6.92. The average Bonchev–Trinajstić information content (AvgIpc) is 3.46. The molecule has 8 nitrogen and oxygen atoms in total. The Morgan fingerprint density at radius 1 is 1.08 bits per heavy atom. The van der Waals surface area contributed by atoms with E-state index in [1.54, 1.807) is 0 Å². The van der Waals surface area contributed by atoms with Gasteiger partial charge in [-0.25, -0.2) is 4.79 Å². The second-order valence-corrected chi connectivity index (χ2v) is 10.9. The molecular formula is C31H43N3O5. The molecule has 0 bridgehead atoms. The lowest BCUT2D eigenvalue weighted by Crippen LogP contribution is -2.49. The highest BCUT2D eigenvalue weighted by Gasteiger charge is 2.44. The number of ether oxygens (including phenoxy) is 2. The van der Waals surface area contributed by atoms with E-state index in [4.69, 9.17) is 9.47 Å². The number of para-hydroxylation sites is 2. The Hall–Kier alpha value is -3.10. The molecule has 0 radical (unpaired) electrons. The molecular weight excluding hydrogens is 494 g/mol. The van der Waals surface area contributed by atoms with Crippen LogP contribution in [-0.4, -0.2) is 61.8 Å². The van der Waals surface area contributed by atoms with Gasteiger partial charge >= 0.3 is 6.09 Å². The van der Waals surface area contributed by atoms with Crippen molar-refractivity contribution in [3.63, 3.8) is 0 Å². The van der Waals surface area contributed by atoms with Gasteiger partial charge < -0.3 is 30.1 Å². The van der Waals surface area contributed by atoms with Crippen LogP contribution in [0.5, 0.6) is 11.5 Å². The number of methoxy groups -OCH3 is 1. The molecule has 1 saturated carbocycles. The molecule has 8 heteroatoms. The summed E-state index contributed by atoms with van der Waals surface area (Å²) in [5.41, 5.74) is 0.463. The lowest BCUT2D eigenvalue weighted by atomic mass is 9.73.